The molecule has 0 spiro atoms. The van der Waals surface area contributed by atoms with Crippen LogP contribution in [-0.2, 0) is 4.74 Å². The lowest BCUT2D eigenvalue weighted by Crippen LogP contribution is -2.44. The van der Waals surface area contributed by atoms with Gasteiger partial charge in [-0.1, -0.05) is 0 Å². The first kappa shape index (κ1) is 15.2. The van der Waals surface area contributed by atoms with E-state index in [4.69, 9.17) is 4.74 Å². The minimum Gasteiger partial charge on any atom is -0.394 e. The normalized spacial score (nSPS) is 30.2. The van der Waals surface area contributed by atoms with Crippen molar-refractivity contribution in [1.29, 1.82) is 0 Å². The Morgan fingerprint density at radius 3 is 2.92 bits per heavy atom. The number of fused-ring (bicyclic) bond motifs is 1. The summed E-state index contributed by atoms with van der Waals surface area (Å²) in [6.07, 6.45) is 3.58. The molecule has 0 aliphatic carbocycles. The number of H-pyrrole nitrogens is 1. The number of aliphatic hydroxyl groups is 3. The summed E-state index contributed by atoms with van der Waals surface area (Å²) in [6, 6.07) is 1.84. The van der Waals surface area contributed by atoms with Gasteiger partial charge in [0.15, 0.2) is 17.7 Å². The first-order valence-electron chi connectivity index (χ1n) is 7.52. The van der Waals surface area contributed by atoms with Crippen molar-refractivity contribution >= 4 is 11.2 Å². The van der Waals surface area contributed by atoms with E-state index in [1.54, 1.807) is 23.2 Å². The molecule has 0 saturated carbocycles. The lowest BCUT2D eigenvalue weighted by atomic mass is 9.96. The number of nitrogens with zero attached hydrogens (tertiary/aromatic N) is 4. The third-order valence-corrected chi connectivity index (χ3v) is 4.36. The number of aromatic nitrogens is 5. The fraction of sp³-hybridized carbons (Fsp3) is 0.400. The maximum Gasteiger partial charge on any atom is 0.168 e. The highest BCUT2D eigenvalue weighted by Gasteiger charge is 2.53. The average molecular weight is 331 g/mol. The molecule has 0 bridgehead atoms. The zero-order chi connectivity index (χ0) is 16.9. The summed E-state index contributed by atoms with van der Waals surface area (Å²) in [6.45, 7) is 1.06. The van der Waals surface area contributed by atoms with Crippen LogP contribution in [-0.4, -0.2) is 64.2 Å². The van der Waals surface area contributed by atoms with E-state index in [2.05, 4.69) is 19.9 Å². The highest BCUT2D eigenvalue weighted by molar-refractivity contribution is 5.72. The molecule has 1 aliphatic rings. The lowest BCUT2D eigenvalue weighted by Gasteiger charge is -2.27. The molecule has 4 rings (SSSR count). The van der Waals surface area contributed by atoms with Crippen molar-refractivity contribution in [2.24, 2.45) is 0 Å². The second-order valence-corrected chi connectivity index (χ2v) is 6.03. The van der Waals surface area contributed by atoms with Crippen LogP contribution in [0.3, 0.4) is 0 Å². The van der Waals surface area contributed by atoms with E-state index in [0.29, 0.717) is 17.0 Å². The summed E-state index contributed by atoms with van der Waals surface area (Å²) in [5.41, 5.74) is 0.227. The topological polar surface area (TPSA) is 129 Å². The first-order chi connectivity index (χ1) is 11.5. The molecule has 0 amide bonds. The molecule has 1 fully saturated rings. The maximum absolute atomic E-state index is 10.6. The summed E-state index contributed by atoms with van der Waals surface area (Å²) >= 11 is 0. The van der Waals surface area contributed by atoms with Crippen LogP contribution in [0.25, 0.3) is 22.6 Å². The molecule has 4 atom stereocenters. The maximum atomic E-state index is 10.6. The van der Waals surface area contributed by atoms with Crippen molar-refractivity contribution < 1.29 is 20.1 Å². The molecule has 3 aromatic heterocycles. The third kappa shape index (κ3) is 2.13. The molecule has 3 aromatic rings. The highest BCUT2D eigenvalue weighted by Crippen LogP contribution is 2.39. The lowest BCUT2D eigenvalue weighted by molar-refractivity contribution is -0.0950. The fourth-order valence-electron chi connectivity index (χ4n) is 2.99. The van der Waals surface area contributed by atoms with Crippen LogP contribution >= 0.6 is 0 Å². The van der Waals surface area contributed by atoms with Crippen molar-refractivity contribution in [2.75, 3.05) is 6.61 Å². The Labute approximate surface area is 136 Å². The van der Waals surface area contributed by atoms with Gasteiger partial charge in [0, 0.05) is 18.0 Å². The molecule has 0 radical (unpaired) electrons. The fourth-order valence-corrected chi connectivity index (χ4v) is 2.99. The average Bonchev–Trinajstić information content (AvgIpc) is 3.27. The molecule has 24 heavy (non-hydrogen) atoms. The van der Waals surface area contributed by atoms with Gasteiger partial charge in [-0.05, 0) is 13.0 Å². The van der Waals surface area contributed by atoms with Gasteiger partial charge < -0.3 is 25.0 Å². The van der Waals surface area contributed by atoms with Gasteiger partial charge in [0.05, 0.1) is 19.1 Å². The van der Waals surface area contributed by atoms with Gasteiger partial charge in [0.1, 0.15) is 23.3 Å². The standard InChI is InChI=1S/C15H17N5O4/c1-15(23)11(22)10(6-21)24-14(15)20-7-18-9-5-17-12(19-13(9)20)8-2-3-16-4-8/h2-5,7,10-11,14,16,21-23H,6H2,1H3/t10-,11-,14-,15-/m1/s1. The van der Waals surface area contributed by atoms with E-state index in [1.807, 2.05) is 6.07 Å². The molecule has 0 unspecified atom stereocenters. The molecule has 126 valence electrons. The van der Waals surface area contributed by atoms with Gasteiger partial charge in [-0.15, -0.1) is 0 Å². The van der Waals surface area contributed by atoms with Crippen LogP contribution in [0, 0.1) is 0 Å². The van der Waals surface area contributed by atoms with Gasteiger partial charge in [-0.25, -0.2) is 15.0 Å². The largest absolute Gasteiger partial charge is 0.394 e. The number of hydrogen-bond acceptors (Lipinski definition) is 7. The Balaban J connectivity index is 1.81. The zero-order valence-corrected chi connectivity index (χ0v) is 12.9. The van der Waals surface area contributed by atoms with Crippen molar-refractivity contribution in [3.63, 3.8) is 0 Å². The monoisotopic (exact) mass is 331 g/mol. The molecule has 0 aromatic carbocycles. The van der Waals surface area contributed by atoms with E-state index in [-0.39, 0.29) is 0 Å². The summed E-state index contributed by atoms with van der Waals surface area (Å²) in [4.78, 5) is 15.9. The minimum atomic E-state index is -1.60. The first-order valence-corrected chi connectivity index (χ1v) is 7.52. The summed E-state index contributed by atoms with van der Waals surface area (Å²) in [7, 11) is 0. The van der Waals surface area contributed by atoms with Crippen LogP contribution in [0.15, 0.2) is 31.0 Å². The van der Waals surface area contributed by atoms with Gasteiger partial charge in [-0.3, -0.25) is 4.57 Å². The smallest absolute Gasteiger partial charge is 0.168 e. The second-order valence-electron chi connectivity index (χ2n) is 6.03. The predicted molar refractivity (Wildman–Crippen MR) is 82.7 cm³/mol. The molecular formula is C15H17N5O4. The van der Waals surface area contributed by atoms with E-state index in [0.717, 1.165) is 5.56 Å². The van der Waals surface area contributed by atoms with Crippen LogP contribution in [0.4, 0.5) is 0 Å². The zero-order valence-electron chi connectivity index (χ0n) is 12.9. The summed E-state index contributed by atoms with van der Waals surface area (Å²) in [5, 5.41) is 30.1. The molecule has 1 aliphatic heterocycles. The van der Waals surface area contributed by atoms with Crippen LogP contribution in [0.2, 0.25) is 0 Å². The third-order valence-electron chi connectivity index (χ3n) is 4.36. The summed E-state index contributed by atoms with van der Waals surface area (Å²) < 4.78 is 7.18. The number of rotatable bonds is 3. The number of aliphatic hydroxyl groups excluding tert-OH is 2. The van der Waals surface area contributed by atoms with E-state index in [9.17, 15) is 15.3 Å². The number of hydrogen-bond donors (Lipinski definition) is 4. The molecule has 4 heterocycles. The van der Waals surface area contributed by atoms with E-state index in [1.165, 1.54) is 13.3 Å². The number of aromatic amines is 1. The van der Waals surface area contributed by atoms with E-state index >= 15 is 0 Å². The van der Waals surface area contributed by atoms with Crippen molar-refractivity contribution in [3.05, 3.63) is 31.0 Å². The highest BCUT2D eigenvalue weighted by atomic mass is 16.6. The van der Waals surface area contributed by atoms with Crippen molar-refractivity contribution in [3.8, 4) is 11.4 Å². The number of imidazole rings is 1. The Morgan fingerprint density at radius 1 is 1.42 bits per heavy atom. The van der Waals surface area contributed by atoms with E-state index < -0.39 is 30.6 Å². The second kappa shape index (κ2) is 5.35. The quantitative estimate of drug-likeness (QED) is 0.524. The number of nitrogens with one attached hydrogen (secondary N) is 1. The van der Waals surface area contributed by atoms with Gasteiger partial charge in [-0.2, -0.15) is 0 Å². The number of ether oxygens (including phenoxy) is 1. The van der Waals surface area contributed by atoms with Crippen molar-refractivity contribution in [1.82, 2.24) is 24.5 Å². The Bertz CT molecular complexity index is 860. The van der Waals surface area contributed by atoms with Crippen LogP contribution < -0.4 is 0 Å². The molecule has 1 saturated heterocycles. The predicted octanol–water partition coefficient (Wildman–Crippen LogP) is -0.177. The van der Waals surface area contributed by atoms with Crippen LogP contribution in [0.5, 0.6) is 0 Å². The Morgan fingerprint density at radius 2 is 2.25 bits per heavy atom. The molecular weight excluding hydrogens is 314 g/mol. The van der Waals surface area contributed by atoms with Gasteiger partial charge in [0.2, 0.25) is 0 Å². The van der Waals surface area contributed by atoms with Crippen LogP contribution in [0.1, 0.15) is 13.2 Å². The van der Waals surface area contributed by atoms with Gasteiger partial charge in [0.25, 0.3) is 0 Å². The Hall–Kier alpha value is -2.33. The summed E-state index contributed by atoms with van der Waals surface area (Å²) in [5.74, 6) is 0.502. The molecule has 9 nitrogen and oxygen atoms in total. The Kier molecular flexibility index (Phi) is 3.39. The SMILES string of the molecule is C[C@@]1(O)[C@H](O)[C@@H](CO)O[C@H]1n1cnc2cnc(-c3cc[nH]c3)nc21. The minimum absolute atomic E-state index is 0.399. The molecule has 4 N–H and O–H groups in total. The van der Waals surface area contributed by atoms with Crippen molar-refractivity contribution in [2.45, 2.75) is 31.0 Å². The molecule has 9 heteroatoms. The van der Waals surface area contributed by atoms with Gasteiger partial charge >= 0.3 is 0 Å².